The van der Waals surface area contributed by atoms with Crippen molar-refractivity contribution in [3.8, 4) is 11.8 Å². The number of nitrogens with one attached hydrogen (secondary N) is 2. The molecule has 2 N–H and O–H groups in total. The molecule has 1 aromatic heterocycles. The number of amides is 2. The molecular weight excluding hydrogens is 532 g/mol. The third-order valence-corrected chi connectivity index (χ3v) is 5.81. The van der Waals surface area contributed by atoms with E-state index >= 15 is 0 Å². The van der Waals surface area contributed by atoms with Crippen LogP contribution < -0.4 is 10.9 Å². The first-order valence-electron chi connectivity index (χ1n) is 9.94. The predicted octanol–water partition coefficient (Wildman–Crippen LogP) is 4.76. The highest BCUT2D eigenvalue weighted by Gasteiger charge is 2.16. The van der Waals surface area contributed by atoms with Gasteiger partial charge in [0.1, 0.15) is 5.82 Å². The molecule has 0 unspecified atom stereocenters. The second-order valence-corrected chi connectivity index (χ2v) is 8.36. The molecule has 3 aromatic carbocycles. The van der Waals surface area contributed by atoms with E-state index in [1.165, 1.54) is 12.1 Å². The monoisotopic (exact) mass is 549 g/mol. The summed E-state index contributed by atoms with van der Waals surface area (Å²) in [5.74, 6) is 4.24. The van der Waals surface area contributed by atoms with Gasteiger partial charge < -0.3 is 0 Å². The highest BCUT2D eigenvalue weighted by atomic mass is 127. The molecule has 33 heavy (non-hydrogen) atoms. The number of aromatic nitrogens is 1. The first kappa shape index (κ1) is 22.4. The predicted molar refractivity (Wildman–Crippen MR) is 133 cm³/mol. The molecule has 0 spiro atoms. The van der Waals surface area contributed by atoms with Gasteiger partial charge in [-0.25, -0.2) is 4.39 Å². The van der Waals surface area contributed by atoms with Crippen LogP contribution in [0.5, 0.6) is 0 Å². The third kappa shape index (κ3) is 5.18. The van der Waals surface area contributed by atoms with Gasteiger partial charge in [-0.05, 0) is 71.5 Å². The Morgan fingerprint density at radius 2 is 1.73 bits per heavy atom. The number of halogens is 2. The molecule has 0 fully saturated rings. The zero-order valence-electron chi connectivity index (χ0n) is 17.4. The van der Waals surface area contributed by atoms with Crippen LogP contribution in [0.25, 0.3) is 10.9 Å². The van der Waals surface area contributed by atoms with Gasteiger partial charge in [0.2, 0.25) is 0 Å². The number of benzene rings is 3. The van der Waals surface area contributed by atoms with Crippen LogP contribution in [0.1, 0.15) is 37.4 Å². The van der Waals surface area contributed by atoms with Crippen LogP contribution in [0.4, 0.5) is 4.39 Å². The minimum atomic E-state index is -0.734. The normalized spacial score (nSPS) is 10.3. The molecule has 0 saturated heterocycles. The van der Waals surface area contributed by atoms with Crippen molar-refractivity contribution >= 4 is 45.3 Å². The average Bonchev–Trinajstić information content (AvgIpc) is 2.81. The maximum Gasteiger partial charge on any atom is 0.273 e. The van der Waals surface area contributed by atoms with Crippen molar-refractivity contribution in [2.75, 3.05) is 0 Å². The van der Waals surface area contributed by atoms with Crippen LogP contribution in [0.2, 0.25) is 0 Å². The molecule has 0 saturated carbocycles. The average molecular weight is 549 g/mol. The van der Waals surface area contributed by atoms with Crippen molar-refractivity contribution in [3.05, 3.63) is 110 Å². The maximum atomic E-state index is 14.0. The molecule has 0 aliphatic rings. The number of aryl methyl sites for hydroxylation is 1. The Kier molecular flexibility index (Phi) is 6.66. The SMILES string of the molecule is Cc1ccc(C(=O)NNC(=O)c2c(F)cccc2I)cc1C#Cc1cnc2ccccc2c1. The standard InChI is InChI=1S/C26H17FIN3O2/c1-16-9-11-20(25(32)30-31-26(33)24-21(27)6-4-7-22(24)28)14-18(16)12-10-17-13-19-5-2-3-8-23(19)29-15-17/h2-9,11,13-15H,1H3,(H,30,32)(H,31,33). The van der Waals surface area contributed by atoms with Crippen molar-refractivity contribution < 1.29 is 14.0 Å². The summed E-state index contributed by atoms with van der Waals surface area (Å²) in [6, 6.07) is 19.1. The summed E-state index contributed by atoms with van der Waals surface area (Å²) in [5.41, 5.74) is 7.99. The fourth-order valence-electron chi connectivity index (χ4n) is 3.14. The zero-order valence-corrected chi connectivity index (χ0v) is 19.6. The molecule has 0 atom stereocenters. The minimum Gasteiger partial charge on any atom is -0.267 e. The lowest BCUT2D eigenvalue weighted by molar-refractivity contribution is 0.0843. The largest absolute Gasteiger partial charge is 0.273 e. The molecule has 4 rings (SSSR count). The quantitative estimate of drug-likeness (QED) is 0.215. The van der Waals surface area contributed by atoms with Gasteiger partial charge in [0.25, 0.3) is 11.8 Å². The lowest BCUT2D eigenvalue weighted by Crippen LogP contribution is -2.42. The van der Waals surface area contributed by atoms with Crippen LogP contribution in [-0.4, -0.2) is 16.8 Å². The number of nitrogens with zero attached hydrogens (tertiary/aromatic N) is 1. The van der Waals surface area contributed by atoms with Crippen molar-refractivity contribution in [1.82, 2.24) is 15.8 Å². The fourth-order valence-corrected chi connectivity index (χ4v) is 3.85. The molecule has 4 aromatic rings. The molecule has 0 aliphatic carbocycles. The summed E-state index contributed by atoms with van der Waals surface area (Å²) in [6.07, 6.45) is 1.71. The molecule has 7 heteroatoms. The van der Waals surface area contributed by atoms with Crippen molar-refractivity contribution in [3.63, 3.8) is 0 Å². The van der Waals surface area contributed by atoms with E-state index in [0.29, 0.717) is 14.7 Å². The van der Waals surface area contributed by atoms with Crippen LogP contribution in [0, 0.1) is 28.2 Å². The van der Waals surface area contributed by atoms with Crippen LogP contribution >= 0.6 is 22.6 Å². The van der Waals surface area contributed by atoms with Crippen molar-refractivity contribution in [2.45, 2.75) is 6.92 Å². The van der Waals surface area contributed by atoms with Gasteiger partial charge in [0.05, 0.1) is 11.1 Å². The Bertz CT molecular complexity index is 1440. The third-order valence-electron chi connectivity index (χ3n) is 4.91. The van der Waals surface area contributed by atoms with Crippen molar-refractivity contribution in [2.24, 2.45) is 0 Å². The Morgan fingerprint density at radius 1 is 0.939 bits per heavy atom. The molecule has 5 nitrogen and oxygen atoms in total. The number of hydrazine groups is 1. The number of pyridine rings is 1. The van der Waals surface area contributed by atoms with E-state index in [2.05, 4.69) is 27.7 Å². The number of rotatable bonds is 2. The molecule has 0 bridgehead atoms. The van der Waals surface area contributed by atoms with Crippen LogP contribution in [0.3, 0.4) is 0 Å². The van der Waals surface area contributed by atoms with E-state index in [9.17, 15) is 14.0 Å². The van der Waals surface area contributed by atoms with Gasteiger partial charge in [-0.15, -0.1) is 0 Å². The Balaban J connectivity index is 1.50. The van der Waals surface area contributed by atoms with Crippen molar-refractivity contribution in [1.29, 1.82) is 0 Å². The molecule has 2 amide bonds. The van der Waals surface area contributed by atoms with E-state index in [4.69, 9.17) is 0 Å². The Labute approximate surface area is 203 Å². The van der Waals surface area contributed by atoms with Gasteiger partial charge in [-0.2, -0.15) is 0 Å². The fraction of sp³-hybridized carbons (Fsp3) is 0.0385. The summed E-state index contributed by atoms with van der Waals surface area (Å²) >= 11 is 1.86. The van der Waals surface area contributed by atoms with Crippen LogP contribution in [0.15, 0.2) is 72.9 Å². The van der Waals surface area contributed by atoms with Gasteiger partial charge in [-0.1, -0.05) is 42.2 Å². The molecule has 162 valence electrons. The summed E-state index contributed by atoms with van der Waals surface area (Å²) in [5, 5.41) is 0.995. The van der Waals surface area contributed by atoms with E-state index in [1.54, 1.807) is 30.5 Å². The summed E-state index contributed by atoms with van der Waals surface area (Å²) in [4.78, 5) is 29.3. The second kappa shape index (κ2) is 9.79. The maximum absolute atomic E-state index is 14.0. The lowest BCUT2D eigenvalue weighted by atomic mass is 10.0. The summed E-state index contributed by atoms with van der Waals surface area (Å²) in [6.45, 7) is 1.90. The lowest BCUT2D eigenvalue weighted by Gasteiger charge is -2.10. The van der Waals surface area contributed by atoms with E-state index in [1.807, 2.05) is 59.8 Å². The molecular formula is C26H17FIN3O2. The van der Waals surface area contributed by atoms with E-state index < -0.39 is 17.6 Å². The number of carbonyl (C=O) groups is 2. The topological polar surface area (TPSA) is 71.1 Å². The smallest absolute Gasteiger partial charge is 0.267 e. The first-order chi connectivity index (χ1) is 15.9. The van der Waals surface area contributed by atoms with E-state index in [0.717, 1.165) is 22.0 Å². The van der Waals surface area contributed by atoms with Gasteiger partial charge in [-0.3, -0.25) is 25.4 Å². The van der Waals surface area contributed by atoms with E-state index in [-0.39, 0.29) is 5.56 Å². The number of para-hydroxylation sites is 1. The zero-order chi connectivity index (χ0) is 23.4. The van der Waals surface area contributed by atoms with Gasteiger partial charge in [0, 0.05) is 31.8 Å². The molecule has 1 heterocycles. The highest BCUT2D eigenvalue weighted by molar-refractivity contribution is 14.1. The first-order valence-corrected chi connectivity index (χ1v) is 11.0. The minimum absolute atomic E-state index is 0.127. The second-order valence-electron chi connectivity index (χ2n) is 7.20. The summed E-state index contributed by atoms with van der Waals surface area (Å²) < 4.78 is 14.4. The number of carbonyl (C=O) groups excluding carboxylic acids is 2. The number of fused-ring (bicyclic) bond motifs is 1. The number of hydrogen-bond donors (Lipinski definition) is 2. The van der Waals surface area contributed by atoms with Gasteiger partial charge in [0.15, 0.2) is 0 Å². The molecule has 0 aliphatic heterocycles. The van der Waals surface area contributed by atoms with Crippen LogP contribution in [-0.2, 0) is 0 Å². The summed E-state index contributed by atoms with van der Waals surface area (Å²) in [7, 11) is 0. The number of hydrogen-bond acceptors (Lipinski definition) is 3. The Hall–Kier alpha value is -3.77. The Morgan fingerprint density at radius 3 is 2.55 bits per heavy atom. The van der Waals surface area contributed by atoms with Gasteiger partial charge >= 0.3 is 0 Å². The molecule has 0 radical (unpaired) electrons. The highest BCUT2D eigenvalue weighted by Crippen LogP contribution is 2.16.